The standard InChI is InChI=1S/C6H4N4O7.CH5N3/c7-17-6-4(9(13)14)1-3(8(11)12)2-5(6)10(15)16;2-1(3)4/h1-2H,7H2;(H5,2,3,4). The molecule has 0 heterocycles. The van der Waals surface area contributed by atoms with Crippen molar-refractivity contribution in [2.45, 2.75) is 0 Å². The van der Waals surface area contributed by atoms with Gasteiger partial charge < -0.3 is 16.3 Å². The minimum Gasteiger partial charge on any atom is -0.397 e. The lowest BCUT2D eigenvalue weighted by atomic mass is 10.2. The quantitative estimate of drug-likeness (QED) is 0.240. The Balaban J connectivity index is 0.000000885. The van der Waals surface area contributed by atoms with Crippen LogP contribution in [0.25, 0.3) is 0 Å². The Morgan fingerprint density at radius 3 is 1.52 bits per heavy atom. The summed E-state index contributed by atoms with van der Waals surface area (Å²) in [6.07, 6.45) is 0. The van der Waals surface area contributed by atoms with E-state index in [1.165, 1.54) is 0 Å². The Kier molecular flexibility index (Phi) is 5.93. The maximum atomic E-state index is 10.6. The molecule has 0 radical (unpaired) electrons. The number of nitro groups is 3. The van der Waals surface area contributed by atoms with Crippen LogP contribution in [0.3, 0.4) is 0 Å². The number of benzene rings is 1. The molecule has 0 saturated carbocycles. The number of nitrogens with zero attached hydrogens (tertiary/aromatic N) is 3. The van der Waals surface area contributed by atoms with Crippen molar-refractivity contribution in [1.82, 2.24) is 0 Å². The maximum Gasteiger partial charge on any atom is 0.327 e. The molecule has 0 aliphatic heterocycles. The van der Waals surface area contributed by atoms with Crippen LogP contribution in [-0.2, 0) is 0 Å². The third-order valence-corrected chi connectivity index (χ3v) is 1.76. The summed E-state index contributed by atoms with van der Waals surface area (Å²) >= 11 is 0. The lowest BCUT2D eigenvalue weighted by molar-refractivity contribution is -0.404. The Bertz CT molecular complexity index is 562. The first kappa shape index (κ1) is 17.4. The normalized spacial score (nSPS) is 9.00. The predicted molar refractivity (Wildman–Crippen MR) is 67.3 cm³/mol. The van der Waals surface area contributed by atoms with Crippen LogP contribution in [0.4, 0.5) is 17.1 Å². The van der Waals surface area contributed by atoms with Gasteiger partial charge in [-0.2, -0.15) is 5.90 Å². The summed E-state index contributed by atoms with van der Waals surface area (Å²) in [5.41, 5.74) is 6.24. The van der Waals surface area contributed by atoms with Crippen molar-refractivity contribution in [2.75, 3.05) is 0 Å². The fourth-order valence-corrected chi connectivity index (χ4v) is 1.08. The van der Waals surface area contributed by atoms with Gasteiger partial charge in [0.05, 0.1) is 26.9 Å². The summed E-state index contributed by atoms with van der Waals surface area (Å²) in [6.45, 7) is 0. The molecule has 114 valence electrons. The van der Waals surface area contributed by atoms with E-state index >= 15 is 0 Å². The van der Waals surface area contributed by atoms with Crippen molar-refractivity contribution in [3.05, 3.63) is 42.5 Å². The monoisotopic (exact) mass is 303 g/mol. The fourth-order valence-electron chi connectivity index (χ4n) is 1.08. The zero-order valence-electron chi connectivity index (χ0n) is 10.1. The van der Waals surface area contributed by atoms with Crippen LogP contribution in [0, 0.1) is 35.8 Å². The van der Waals surface area contributed by atoms with E-state index in [0.717, 1.165) is 0 Å². The van der Waals surface area contributed by atoms with Gasteiger partial charge in [0, 0.05) is 0 Å². The second-order valence-electron chi connectivity index (χ2n) is 3.16. The Hall–Kier alpha value is -3.55. The minimum absolute atomic E-state index is 0.333. The minimum atomic E-state index is -1.07. The van der Waals surface area contributed by atoms with Crippen molar-refractivity contribution < 1.29 is 19.6 Å². The van der Waals surface area contributed by atoms with Crippen molar-refractivity contribution in [2.24, 2.45) is 17.4 Å². The van der Waals surface area contributed by atoms with Crippen molar-refractivity contribution in [1.29, 1.82) is 5.41 Å². The van der Waals surface area contributed by atoms with Gasteiger partial charge in [-0.1, -0.05) is 0 Å². The number of nitro benzene ring substituents is 3. The first-order valence-corrected chi connectivity index (χ1v) is 4.69. The van der Waals surface area contributed by atoms with Gasteiger partial charge in [-0.3, -0.25) is 35.8 Å². The Morgan fingerprint density at radius 2 is 1.33 bits per heavy atom. The fraction of sp³-hybridized carbons (Fsp3) is 0. The van der Waals surface area contributed by atoms with Crippen LogP contribution in [0.5, 0.6) is 5.75 Å². The van der Waals surface area contributed by atoms with Gasteiger partial charge in [0.15, 0.2) is 5.96 Å². The second-order valence-corrected chi connectivity index (χ2v) is 3.16. The largest absolute Gasteiger partial charge is 0.397 e. The van der Waals surface area contributed by atoms with Gasteiger partial charge in [0.1, 0.15) is 0 Å². The lowest BCUT2D eigenvalue weighted by Crippen LogP contribution is -2.20. The summed E-state index contributed by atoms with van der Waals surface area (Å²) in [6, 6.07) is 1.05. The molecular weight excluding hydrogens is 294 g/mol. The van der Waals surface area contributed by atoms with Gasteiger partial charge in [-0.15, -0.1) is 0 Å². The molecule has 1 aromatic carbocycles. The summed E-state index contributed by atoms with van der Waals surface area (Å²) < 4.78 is 0. The van der Waals surface area contributed by atoms with Crippen LogP contribution < -0.4 is 22.2 Å². The third kappa shape index (κ3) is 4.91. The van der Waals surface area contributed by atoms with Crippen LogP contribution in [0.2, 0.25) is 0 Å². The Morgan fingerprint density at radius 1 is 1.00 bits per heavy atom. The van der Waals surface area contributed by atoms with E-state index < -0.39 is 37.6 Å². The van der Waals surface area contributed by atoms with Gasteiger partial charge >= 0.3 is 17.1 Å². The molecule has 0 aliphatic carbocycles. The average Bonchev–Trinajstić information content (AvgIpc) is 2.35. The van der Waals surface area contributed by atoms with E-state index in [9.17, 15) is 30.3 Å². The van der Waals surface area contributed by atoms with Crippen LogP contribution in [-0.4, -0.2) is 20.7 Å². The zero-order valence-corrected chi connectivity index (χ0v) is 10.1. The SMILES string of the molecule is N=C(N)N.NOc1c([N+](=O)[O-])cc([N+](=O)[O-])cc1[N+](=O)[O-]. The molecule has 14 nitrogen and oxygen atoms in total. The zero-order chi connectivity index (χ0) is 16.7. The molecule has 0 amide bonds. The average molecular weight is 303 g/mol. The summed E-state index contributed by atoms with van der Waals surface area (Å²) in [5, 5.41) is 37.6. The maximum absolute atomic E-state index is 10.6. The van der Waals surface area contributed by atoms with E-state index in [-0.39, 0.29) is 5.96 Å². The van der Waals surface area contributed by atoms with E-state index in [4.69, 9.17) is 5.41 Å². The molecule has 0 aromatic heterocycles. The number of nitrogens with one attached hydrogen (secondary N) is 1. The lowest BCUT2D eigenvalue weighted by Gasteiger charge is -2.01. The first-order valence-electron chi connectivity index (χ1n) is 4.69. The molecule has 0 fully saturated rings. The number of hydrogen-bond acceptors (Lipinski definition) is 9. The van der Waals surface area contributed by atoms with Crippen molar-refractivity contribution in [3.63, 3.8) is 0 Å². The highest BCUT2D eigenvalue weighted by molar-refractivity contribution is 5.71. The van der Waals surface area contributed by atoms with E-state index in [0.29, 0.717) is 12.1 Å². The van der Waals surface area contributed by atoms with Crippen molar-refractivity contribution >= 4 is 23.0 Å². The van der Waals surface area contributed by atoms with Crippen LogP contribution in [0.1, 0.15) is 0 Å². The van der Waals surface area contributed by atoms with Crippen LogP contribution >= 0.6 is 0 Å². The van der Waals surface area contributed by atoms with Crippen molar-refractivity contribution in [3.8, 4) is 5.75 Å². The van der Waals surface area contributed by atoms with Gasteiger partial charge in [-0.05, 0) is 0 Å². The molecule has 14 heteroatoms. The van der Waals surface area contributed by atoms with E-state index in [2.05, 4.69) is 22.2 Å². The highest BCUT2D eigenvalue weighted by atomic mass is 16.7. The van der Waals surface area contributed by atoms with Crippen LogP contribution in [0.15, 0.2) is 12.1 Å². The highest BCUT2D eigenvalue weighted by Gasteiger charge is 2.32. The summed E-state index contributed by atoms with van der Waals surface area (Å²) in [5.74, 6) is 3.50. The summed E-state index contributed by atoms with van der Waals surface area (Å²) in [7, 11) is 0. The molecule has 0 spiro atoms. The number of rotatable bonds is 4. The topological polar surface area (TPSA) is 241 Å². The summed E-state index contributed by atoms with van der Waals surface area (Å²) in [4.78, 5) is 32.4. The van der Waals surface area contributed by atoms with Gasteiger partial charge in [0.25, 0.3) is 5.69 Å². The molecule has 1 rings (SSSR count). The number of hydrogen-bond donors (Lipinski definition) is 4. The molecule has 0 saturated heterocycles. The number of non-ortho nitro benzene ring substituents is 1. The molecule has 0 bridgehead atoms. The van der Waals surface area contributed by atoms with E-state index in [1.807, 2.05) is 0 Å². The molecular formula is C7H9N7O7. The molecule has 1 aromatic rings. The first-order chi connectivity index (χ1) is 9.61. The third-order valence-electron chi connectivity index (χ3n) is 1.76. The smallest absolute Gasteiger partial charge is 0.327 e. The van der Waals surface area contributed by atoms with Gasteiger partial charge in [-0.25, -0.2) is 0 Å². The molecule has 7 N–H and O–H groups in total. The predicted octanol–water partition coefficient (Wildman–Crippen LogP) is -0.498. The molecule has 21 heavy (non-hydrogen) atoms. The molecule has 0 unspecified atom stereocenters. The number of guanidine groups is 1. The second kappa shape index (κ2) is 7.14. The highest BCUT2D eigenvalue weighted by Crippen LogP contribution is 2.39. The molecule has 0 atom stereocenters. The van der Waals surface area contributed by atoms with E-state index in [1.54, 1.807) is 0 Å². The molecule has 0 aliphatic rings. The Labute approximate surface area is 115 Å². The van der Waals surface area contributed by atoms with Gasteiger partial charge in [0.2, 0.25) is 0 Å². The number of nitrogens with two attached hydrogens (primary N) is 3.